The van der Waals surface area contributed by atoms with Crippen molar-refractivity contribution in [3.05, 3.63) is 24.3 Å². The Morgan fingerprint density at radius 2 is 0.755 bits per heavy atom. The summed E-state index contributed by atoms with van der Waals surface area (Å²) in [5, 5.41) is 0. The second kappa shape index (κ2) is 31.4. The maximum absolute atomic E-state index is 6.67. The van der Waals surface area contributed by atoms with Crippen LogP contribution >= 0.6 is 0 Å². The fraction of sp³-hybridized carbons (Fsp3) is 0.864. The number of fused-ring (bicyclic) bond motifs is 12. The number of unbranched alkanes of at least 4 members (excludes halogenated alkanes) is 20. The largest absolute Gasteiger partial charge is 0.475 e. The number of nitrogens with zero attached hydrogens (tertiary/aromatic N) is 2. The van der Waals surface area contributed by atoms with E-state index in [1.54, 1.807) is 0 Å². The van der Waals surface area contributed by atoms with Crippen LogP contribution in [0.2, 0.25) is 0 Å². The third-order valence-corrected chi connectivity index (χ3v) is 10.6. The Labute approximate surface area is 305 Å². The molecule has 2 unspecified atom stereocenters. The van der Waals surface area contributed by atoms with Gasteiger partial charge in [-0.1, -0.05) is 156 Å². The number of benzene rings is 1. The SMILES string of the molecule is CCCCCCCCCCCCCN(CC)C1CCCOCCCC(N(CC)CCCCCCCCCCCCC)Oc2ccc(cc2)O1. The van der Waals surface area contributed by atoms with Crippen LogP contribution in [0.3, 0.4) is 0 Å². The molecule has 2 aliphatic heterocycles. The molecule has 2 bridgehead atoms. The number of hydrogen-bond donors (Lipinski definition) is 0. The first-order valence-electron chi connectivity index (χ1n) is 21.7. The lowest BCUT2D eigenvalue weighted by Crippen LogP contribution is -2.40. The highest BCUT2D eigenvalue weighted by Gasteiger charge is 2.21. The summed E-state index contributed by atoms with van der Waals surface area (Å²) in [6.45, 7) is 15.0. The molecular formula is C44H82N2O3. The zero-order chi connectivity index (χ0) is 35.0. The van der Waals surface area contributed by atoms with Crippen molar-refractivity contribution in [2.24, 2.45) is 0 Å². The van der Waals surface area contributed by atoms with Crippen molar-refractivity contribution in [2.45, 2.75) is 207 Å². The van der Waals surface area contributed by atoms with E-state index in [2.05, 4.69) is 61.8 Å². The van der Waals surface area contributed by atoms with Gasteiger partial charge in [0.15, 0.2) is 12.5 Å². The molecule has 5 heteroatoms. The van der Waals surface area contributed by atoms with Crippen LogP contribution in [-0.2, 0) is 4.74 Å². The summed E-state index contributed by atoms with van der Waals surface area (Å²) in [5.41, 5.74) is 0. The summed E-state index contributed by atoms with van der Waals surface area (Å²) in [6.07, 6.45) is 34.6. The maximum Gasteiger partial charge on any atom is 0.152 e. The molecule has 0 fully saturated rings. The molecule has 0 aliphatic carbocycles. The second-order valence-corrected chi connectivity index (χ2v) is 14.8. The van der Waals surface area contributed by atoms with Gasteiger partial charge in [-0.2, -0.15) is 0 Å². The molecule has 3 rings (SSSR count). The molecule has 0 amide bonds. The fourth-order valence-corrected chi connectivity index (χ4v) is 7.33. The van der Waals surface area contributed by atoms with Crippen LogP contribution in [0.25, 0.3) is 0 Å². The molecule has 2 atom stereocenters. The molecule has 1 aromatic rings. The number of ether oxygens (including phenoxy) is 3. The summed E-state index contributed by atoms with van der Waals surface area (Å²) in [4.78, 5) is 5.08. The standard InChI is InChI=1S/C44H82N2O3/c1-5-9-11-13-15-17-19-21-23-25-27-37-45(7-3)43-31-29-39-47-40-30-32-44(49-42-35-33-41(48-43)34-36-42)46(8-4)38-28-26-24-22-20-18-16-14-12-10-6-2/h33-36,43-44H,5-32,37-40H2,1-4H3. The molecule has 0 saturated heterocycles. The van der Waals surface area contributed by atoms with Gasteiger partial charge in [0.05, 0.1) is 0 Å². The Hall–Kier alpha value is -1.30. The summed E-state index contributed by atoms with van der Waals surface area (Å²) >= 11 is 0. The minimum atomic E-state index is 0.0859. The van der Waals surface area contributed by atoms with Crippen LogP contribution in [0.1, 0.15) is 195 Å². The van der Waals surface area contributed by atoms with Crippen molar-refractivity contribution in [1.29, 1.82) is 0 Å². The smallest absolute Gasteiger partial charge is 0.152 e. The van der Waals surface area contributed by atoms with Crippen LogP contribution in [-0.4, -0.2) is 61.6 Å². The summed E-state index contributed by atoms with van der Waals surface area (Å²) < 4.78 is 19.5. The lowest BCUT2D eigenvalue weighted by molar-refractivity contribution is 0.00715. The van der Waals surface area contributed by atoms with E-state index in [-0.39, 0.29) is 12.5 Å². The summed E-state index contributed by atoms with van der Waals surface area (Å²) in [6, 6.07) is 8.47. The lowest BCUT2D eigenvalue weighted by atomic mass is 10.1. The Morgan fingerprint density at radius 1 is 0.449 bits per heavy atom. The summed E-state index contributed by atoms with van der Waals surface area (Å²) in [5.74, 6) is 1.88. The average Bonchev–Trinajstić information content (AvgIpc) is 3.13. The molecule has 0 N–H and O–H groups in total. The lowest BCUT2D eigenvalue weighted by Gasteiger charge is -2.32. The highest BCUT2D eigenvalue weighted by atomic mass is 16.5. The van der Waals surface area contributed by atoms with Crippen LogP contribution in [0, 0.1) is 0 Å². The van der Waals surface area contributed by atoms with Gasteiger partial charge in [-0.15, -0.1) is 0 Å². The first-order valence-corrected chi connectivity index (χ1v) is 21.7. The van der Waals surface area contributed by atoms with E-state index in [1.165, 1.54) is 141 Å². The fourth-order valence-electron chi connectivity index (χ4n) is 7.33. The first-order chi connectivity index (χ1) is 24.2. The quantitative estimate of drug-likeness (QED) is 0.0820. The van der Waals surface area contributed by atoms with Crippen LogP contribution in [0.4, 0.5) is 0 Å². The Balaban J connectivity index is 1.79. The molecule has 0 radical (unpaired) electrons. The minimum absolute atomic E-state index is 0.0859. The molecule has 0 aromatic heterocycles. The van der Waals surface area contributed by atoms with E-state index >= 15 is 0 Å². The predicted octanol–water partition coefficient (Wildman–Crippen LogP) is 13.0. The zero-order valence-corrected chi connectivity index (χ0v) is 33.2. The van der Waals surface area contributed by atoms with Crippen LogP contribution < -0.4 is 9.47 Å². The molecule has 1 aromatic carbocycles. The molecule has 2 aliphatic rings. The van der Waals surface area contributed by atoms with E-state index in [1.807, 2.05) is 0 Å². The van der Waals surface area contributed by atoms with Gasteiger partial charge in [-0.25, -0.2) is 0 Å². The number of hydrogen-bond acceptors (Lipinski definition) is 5. The topological polar surface area (TPSA) is 34.2 Å². The molecule has 2 heterocycles. The van der Waals surface area contributed by atoms with Gasteiger partial charge in [0.1, 0.15) is 11.5 Å². The minimum Gasteiger partial charge on any atom is -0.475 e. The number of rotatable bonds is 28. The van der Waals surface area contributed by atoms with E-state index in [0.717, 1.165) is 76.6 Å². The molecular weight excluding hydrogens is 604 g/mol. The van der Waals surface area contributed by atoms with Gasteiger partial charge in [-0.3, -0.25) is 9.80 Å². The molecule has 49 heavy (non-hydrogen) atoms. The van der Waals surface area contributed by atoms with Gasteiger partial charge in [0.2, 0.25) is 0 Å². The maximum atomic E-state index is 6.67. The first kappa shape index (κ1) is 43.9. The highest BCUT2D eigenvalue weighted by Crippen LogP contribution is 2.25. The van der Waals surface area contributed by atoms with Crippen molar-refractivity contribution in [1.82, 2.24) is 9.80 Å². The normalized spacial score (nSPS) is 17.6. The zero-order valence-electron chi connectivity index (χ0n) is 33.2. The van der Waals surface area contributed by atoms with Crippen molar-refractivity contribution in [3.8, 4) is 11.5 Å². The van der Waals surface area contributed by atoms with E-state index in [4.69, 9.17) is 14.2 Å². The van der Waals surface area contributed by atoms with Gasteiger partial charge in [-0.05, 0) is 63.0 Å². The van der Waals surface area contributed by atoms with Gasteiger partial charge < -0.3 is 14.2 Å². The Morgan fingerprint density at radius 3 is 1.06 bits per heavy atom. The predicted molar refractivity (Wildman–Crippen MR) is 212 cm³/mol. The third kappa shape index (κ3) is 22.3. The monoisotopic (exact) mass is 687 g/mol. The van der Waals surface area contributed by atoms with E-state index < -0.39 is 0 Å². The molecule has 5 nitrogen and oxygen atoms in total. The van der Waals surface area contributed by atoms with Crippen molar-refractivity contribution < 1.29 is 14.2 Å². The highest BCUT2D eigenvalue weighted by molar-refractivity contribution is 5.31. The molecule has 0 spiro atoms. The third-order valence-electron chi connectivity index (χ3n) is 10.6. The summed E-state index contributed by atoms with van der Waals surface area (Å²) in [7, 11) is 0. The van der Waals surface area contributed by atoms with Crippen LogP contribution in [0.5, 0.6) is 11.5 Å². The Bertz CT molecular complexity index is 767. The van der Waals surface area contributed by atoms with Crippen molar-refractivity contribution in [3.63, 3.8) is 0 Å². The van der Waals surface area contributed by atoms with Gasteiger partial charge in [0.25, 0.3) is 0 Å². The average molecular weight is 687 g/mol. The Kier molecular flexibility index (Phi) is 28.1. The van der Waals surface area contributed by atoms with Crippen molar-refractivity contribution in [2.75, 3.05) is 39.4 Å². The van der Waals surface area contributed by atoms with Gasteiger partial charge >= 0.3 is 0 Å². The van der Waals surface area contributed by atoms with Gasteiger partial charge in [0, 0.05) is 39.1 Å². The molecule has 0 saturated carbocycles. The van der Waals surface area contributed by atoms with Crippen molar-refractivity contribution >= 4 is 0 Å². The van der Waals surface area contributed by atoms with E-state index in [9.17, 15) is 0 Å². The van der Waals surface area contributed by atoms with E-state index in [0.29, 0.717) is 0 Å². The molecule has 286 valence electrons. The van der Waals surface area contributed by atoms with Crippen LogP contribution in [0.15, 0.2) is 24.3 Å². The second-order valence-electron chi connectivity index (χ2n) is 14.8.